The third kappa shape index (κ3) is 2.50. The van der Waals surface area contributed by atoms with Gasteiger partial charge < -0.3 is 10.4 Å². The van der Waals surface area contributed by atoms with E-state index in [1.54, 1.807) is 30.3 Å². The third-order valence-electron chi connectivity index (χ3n) is 3.46. The van der Waals surface area contributed by atoms with Crippen LogP contribution in [-0.2, 0) is 0 Å². The number of hydrogen-bond acceptors (Lipinski definition) is 2. The lowest BCUT2D eigenvalue weighted by molar-refractivity contribution is 0.0698. The molecule has 0 saturated heterocycles. The average Bonchev–Trinajstić information content (AvgIpc) is 3.25. The molecule has 0 aromatic heterocycles. The van der Waals surface area contributed by atoms with E-state index in [-0.39, 0.29) is 11.4 Å². The van der Waals surface area contributed by atoms with Crippen molar-refractivity contribution in [1.29, 1.82) is 0 Å². The second-order valence-electron chi connectivity index (χ2n) is 4.98. The summed E-state index contributed by atoms with van der Waals surface area (Å²) in [6.07, 6.45) is 2.11. The Morgan fingerprint density at radius 2 is 1.90 bits per heavy atom. The Morgan fingerprint density at radius 1 is 1.15 bits per heavy atom. The molecule has 0 spiro atoms. The summed E-state index contributed by atoms with van der Waals surface area (Å²) in [4.78, 5) is 11.2. The molecular weight excluding hydrogens is 257 g/mol. The Bertz CT molecular complexity index is 665. The van der Waals surface area contributed by atoms with Crippen LogP contribution >= 0.6 is 0 Å². The van der Waals surface area contributed by atoms with E-state index in [0.717, 1.165) is 24.1 Å². The predicted molar refractivity (Wildman–Crippen MR) is 75.1 cm³/mol. The Balaban J connectivity index is 1.97. The van der Waals surface area contributed by atoms with E-state index < -0.39 is 5.97 Å². The molecule has 1 aliphatic carbocycles. The number of nitrogens with one attached hydrogen (secondary N) is 1. The van der Waals surface area contributed by atoms with Gasteiger partial charge in [0.15, 0.2) is 0 Å². The molecule has 0 unspecified atom stereocenters. The lowest BCUT2D eigenvalue weighted by Gasteiger charge is -2.13. The van der Waals surface area contributed by atoms with Crippen LogP contribution < -0.4 is 5.32 Å². The third-order valence-corrected chi connectivity index (χ3v) is 3.46. The van der Waals surface area contributed by atoms with E-state index in [1.807, 2.05) is 0 Å². The first-order chi connectivity index (χ1) is 9.65. The molecule has 20 heavy (non-hydrogen) atoms. The summed E-state index contributed by atoms with van der Waals surface area (Å²) in [6, 6.07) is 11.3. The van der Waals surface area contributed by atoms with Gasteiger partial charge in [0.2, 0.25) is 0 Å². The van der Waals surface area contributed by atoms with Crippen molar-refractivity contribution in [2.24, 2.45) is 0 Å². The van der Waals surface area contributed by atoms with Crippen molar-refractivity contribution in [3.8, 4) is 0 Å². The molecule has 1 fully saturated rings. The van der Waals surface area contributed by atoms with E-state index in [9.17, 15) is 14.3 Å². The molecule has 0 heterocycles. The van der Waals surface area contributed by atoms with Crippen molar-refractivity contribution < 1.29 is 14.3 Å². The van der Waals surface area contributed by atoms with Crippen molar-refractivity contribution in [2.45, 2.75) is 18.8 Å². The molecule has 0 amide bonds. The highest BCUT2D eigenvalue weighted by Gasteiger charge is 2.26. The second-order valence-corrected chi connectivity index (χ2v) is 4.98. The Kier molecular flexibility index (Phi) is 3.14. The van der Waals surface area contributed by atoms with Gasteiger partial charge in [-0.25, -0.2) is 9.18 Å². The van der Waals surface area contributed by atoms with Crippen molar-refractivity contribution in [3.63, 3.8) is 0 Å². The molecule has 0 atom stereocenters. The smallest absolute Gasteiger partial charge is 0.337 e. The lowest BCUT2D eigenvalue weighted by atomic mass is 10.1. The first-order valence-corrected chi connectivity index (χ1v) is 6.54. The van der Waals surface area contributed by atoms with Gasteiger partial charge in [-0.1, -0.05) is 12.1 Å². The molecule has 3 rings (SSSR count). The summed E-state index contributed by atoms with van der Waals surface area (Å²) in [6.45, 7) is 0. The number of halogens is 1. The summed E-state index contributed by atoms with van der Waals surface area (Å²) < 4.78 is 13.4. The van der Waals surface area contributed by atoms with E-state index >= 15 is 0 Å². The molecule has 2 N–H and O–H groups in total. The lowest BCUT2D eigenvalue weighted by Crippen LogP contribution is -2.03. The molecule has 0 bridgehead atoms. The highest BCUT2D eigenvalue weighted by Crippen LogP contribution is 2.44. The van der Waals surface area contributed by atoms with E-state index in [2.05, 4.69) is 5.32 Å². The fraction of sp³-hybridized carbons (Fsp3) is 0.188. The largest absolute Gasteiger partial charge is 0.478 e. The first kappa shape index (κ1) is 12.7. The van der Waals surface area contributed by atoms with Gasteiger partial charge in [-0.2, -0.15) is 0 Å². The zero-order chi connectivity index (χ0) is 14.1. The Hall–Kier alpha value is -2.36. The first-order valence-electron chi connectivity index (χ1n) is 6.54. The van der Waals surface area contributed by atoms with Gasteiger partial charge in [0.25, 0.3) is 0 Å². The molecule has 0 aliphatic heterocycles. The number of carbonyl (C=O) groups is 1. The number of para-hydroxylation sites is 1. The van der Waals surface area contributed by atoms with Crippen LogP contribution in [0.2, 0.25) is 0 Å². The predicted octanol–water partition coefficient (Wildman–Crippen LogP) is 4.14. The summed E-state index contributed by atoms with van der Waals surface area (Å²) in [5.74, 6) is -0.864. The number of carboxylic acids is 1. The summed E-state index contributed by atoms with van der Waals surface area (Å²) in [7, 11) is 0. The topological polar surface area (TPSA) is 49.3 Å². The fourth-order valence-electron chi connectivity index (χ4n) is 2.30. The minimum absolute atomic E-state index is 0.207. The molecule has 3 nitrogen and oxygen atoms in total. The van der Waals surface area contributed by atoms with Gasteiger partial charge in [-0.05, 0) is 54.7 Å². The van der Waals surface area contributed by atoms with Crippen LogP contribution in [0.3, 0.4) is 0 Å². The maximum atomic E-state index is 13.4. The molecule has 1 saturated carbocycles. The Labute approximate surface area is 116 Å². The van der Waals surface area contributed by atoms with Crippen LogP contribution in [0.1, 0.15) is 34.7 Å². The van der Waals surface area contributed by atoms with Crippen LogP contribution in [0.4, 0.5) is 15.8 Å². The minimum Gasteiger partial charge on any atom is -0.478 e. The maximum absolute atomic E-state index is 13.4. The van der Waals surface area contributed by atoms with Crippen LogP contribution in [0.5, 0.6) is 0 Å². The fourth-order valence-corrected chi connectivity index (χ4v) is 2.30. The second kappa shape index (κ2) is 4.96. The molecule has 0 radical (unpaired) electrons. The molecule has 102 valence electrons. The summed E-state index contributed by atoms with van der Waals surface area (Å²) in [5, 5.41) is 12.3. The molecular formula is C16H14FNO2. The highest BCUT2D eigenvalue weighted by molar-refractivity contribution is 5.95. The maximum Gasteiger partial charge on any atom is 0.337 e. The number of aromatic carboxylic acids is 1. The van der Waals surface area contributed by atoms with Crippen LogP contribution in [-0.4, -0.2) is 11.1 Å². The zero-order valence-electron chi connectivity index (χ0n) is 10.8. The average molecular weight is 271 g/mol. The number of carboxylic acid groups (broad SMARTS) is 1. The van der Waals surface area contributed by atoms with Gasteiger partial charge in [0, 0.05) is 5.69 Å². The van der Waals surface area contributed by atoms with Crippen LogP contribution in [0.15, 0.2) is 42.5 Å². The van der Waals surface area contributed by atoms with Gasteiger partial charge in [0.05, 0.1) is 11.3 Å². The molecule has 2 aromatic carbocycles. The van der Waals surface area contributed by atoms with Crippen molar-refractivity contribution in [3.05, 3.63) is 59.4 Å². The van der Waals surface area contributed by atoms with Crippen molar-refractivity contribution >= 4 is 17.3 Å². The molecule has 4 heteroatoms. The number of anilines is 2. The minimum atomic E-state index is -0.983. The van der Waals surface area contributed by atoms with E-state index in [1.165, 1.54) is 12.1 Å². The highest BCUT2D eigenvalue weighted by atomic mass is 19.1. The van der Waals surface area contributed by atoms with Gasteiger partial charge in [-0.3, -0.25) is 0 Å². The van der Waals surface area contributed by atoms with Crippen molar-refractivity contribution in [2.75, 3.05) is 5.32 Å². The van der Waals surface area contributed by atoms with Crippen LogP contribution in [0, 0.1) is 5.82 Å². The molecule has 2 aromatic rings. The van der Waals surface area contributed by atoms with Crippen LogP contribution in [0.25, 0.3) is 0 Å². The monoisotopic (exact) mass is 271 g/mol. The normalized spacial score (nSPS) is 14.1. The SMILES string of the molecule is O=C(O)c1ccccc1Nc1ccc(F)cc1C1CC1. The Morgan fingerprint density at radius 3 is 2.60 bits per heavy atom. The van der Waals surface area contributed by atoms with Gasteiger partial charge in [0.1, 0.15) is 5.82 Å². The molecule has 1 aliphatic rings. The number of benzene rings is 2. The van der Waals surface area contributed by atoms with E-state index in [4.69, 9.17) is 0 Å². The standard InChI is InChI=1S/C16H14FNO2/c17-11-7-8-15(13(9-11)10-5-6-10)18-14-4-2-1-3-12(14)16(19)20/h1-4,7-10,18H,5-6H2,(H,19,20). The van der Waals surface area contributed by atoms with E-state index in [0.29, 0.717) is 11.6 Å². The summed E-state index contributed by atoms with van der Waals surface area (Å²) in [5.41, 5.74) is 2.43. The van der Waals surface area contributed by atoms with Crippen molar-refractivity contribution in [1.82, 2.24) is 0 Å². The van der Waals surface area contributed by atoms with Gasteiger partial charge in [-0.15, -0.1) is 0 Å². The summed E-state index contributed by atoms with van der Waals surface area (Å²) >= 11 is 0. The number of hydrogen-bond donors (Lipinski definition) is 2. The number of rotatable bonds is 4. The zero-order valence-corrected chi connectivity index (χ0v) is 10.8. The quantitative estimate of drug-likeness (QED) is 0.878. The van der Waals surface area contributed by atoms with Gasteiger partial charge >= 0.3 is 5.97 Å².